The van der Waals surface area contributed by atoms with E-state index in [0.717, 1.165) is 0 Å². The van der Waals surface area contributed by atoms with Crippen molar-refractivity contribution in [1.29, 1.82) is 0 Å². The minimum atomic E-state index is 1.19. The molecule has 12 heavy (non-hydrogen) atoms. The van der Waals surface area contributed by atoms with E-state index in [1.807, 2.05) is 0 Å². The van der Waals surface area contributed by atoms with Crippen LogP contribution in [-0.2, 0) is 42.2 Å². The van der Waals surface area contributed by atoms with E-state index in [1.165, 1.54) is 18.2 Å². The summed E-state index contributed by atoms with van der Waals surface area (Å²) in [5, 5.41) is 0. The number of hydrogen-bond donors (Lipinski definition) is 0. The molecule has 0 spiro atoms. The van der Waals surface area contributed by atoms with Crippen LogP contribution in [0.1, 0.15) is 0 Å². The Labute approximate surface area is 85.8 Å². The van der Waals surface area contributed by atoms with Crippen LogP contribution >= 0.6 is 9.53 Å². The topological polar surface area (TPSA) is 85.3 Å². The molecule has 0 aromatic rings. The molecule has 0 rings (SSSR count). The van der Waals surface area contributed by atoms with Crippen LogP contribution in [0.15, 0.2) is 0 Å². The van der Waals surface area contributed by atoms with E-state index in [1.54, 1.807) is 0 Å². The van der Waals surface area contributed by atoms with Gasteiger partial charge in [0.05, 0.1) is 0 Å². The molecular formula is C5HClO5Re-5. The van der Waals surface area contributed by atoms with E-state index >= 15 is 0 Å². The molecule has 0 saturated heterocycles. The first kappa shape index (κ1) is 42.7. The Balaban J connectivity index is -0.00000000900. The first-order valence-electron chi connectivity index (χ1n) is 1.20. The van der Waals surface area contributed by atoms with E-state index in [2.05, 4.69) is 33.9 Å². The summed E-state index contributed by atoms with van der Waals surface area (Å²) in [5.74, 6) is 0. The number of rotatable bonds is 0. The van der Waals surface area contributed by atoms with Crippen LogP contribution in [0.5, 0.6) is 0 Å². The van der Waals surface area contributed by atoms with Crippen LogP contribution in [0.3, 0.4) is 0 Å². The van der Waals surface area contributed by atoms with Crippen LogP contribution in [0.2, 0.25) is 0 Å². The predicted molar refractivity (Wildman–Crippen MR) is 35.4 cm³/mol. The standard InChI is InChI=1S/CHO.4CO.ClH.Re/c5*1-2;;/h1H;;;;;1H;/q5*-1;;+1/p-1. The summed E-state index contributed by atoms with van der Waals surface area (Å²) < 4.78 is 0. The number of carbonyl (C=O) groups excluding carboxylic acids is 5. The fourth-order valence-electron chi connectivity index (χ4n) is 0. The molecule has 0 aliphatic heterocycles. The van der Waals surface area contributed by atoms with Crippen molar-refractivity contribution < 1.29 is 42.2 Å². The molecule has 0 amide bonds. The van der Waals surface area contributed by atoms with Crippen molar-refractivity contribution in [3.63, 3.8) is 0 Å². The van der Waals surface area contributed by atoms with Crippen molar-refractivity contribution in [2.24, 2.45) is 0 Å². The van der Waals surface area contributed by atoms with Crippen LogP contribution in [0.25, 0.3) is 0 Å². The van der Waals surface area contributed by atoms with Gasteiger partial charge in [-0.2, -0.15) is 0 Å². The first-order valence-corrected chi connectivity index (χ1v) is 4.56. The summed E-state index contributed by atoms with van der Waals surface area (Å²) >= 11 is 1.19. The van der Waals surface area contributed by atoms with Crippen LogP contribution in [-0.4, -0.2) is 33.9 Å². The van der Waals surface area contributed by atoms with Gasteiger partial charge in [0.2, 0.25) is 0 Å². The molecule has 0 N–H and O–H groups in total. The van der Waals surface area contributed by atoms with E-state index in [0.29, 0.717) is 0 Å². The van der Waals surface area contributed by atoms with Gasteiger partial charge < -0.3 is 51.1 Å². The van der Waals surface area contributed by atoms with Gasteiger partial charge in [-0.15, -0.1) is 0 Å². The van der Waals surface area contributed by atoms with Crippen molar-refractivity contribution in [2.75, 3.05) is 0 Å². The molecule has 70 valence electrons. The van der Waals surface area contributed by atoms with E-state index < -0.39 is 0 Å². The predicted octanol–water partition coefficient (Wildman–Crippen LogP) is -1.18. The van der Waals surface area contributed by atoms with E-state index in [-0.39, 0.29) is 0 Å². The second kappa shape index (κ2) is 1830. The SMILES string of the molecule is [C-]=O.[C-]=O.[C-]=O.[C-]=O.[CH-]=O.[Cl][Re]. The summed E-state index contributed by atoms with van der Waals surface area (Å²) in [5.41, 5.74) is 0. The second-order valence-corrected chi connectivity index (χ2v) is 0. The molecule has 0 aliphatic rings. The third-order valence-corrected chi connectivity index (χ3v) is 0. The third-order valence-electron chi connectivity index (χ3n) is 0. The molecule has 0 unspecified atom stereocenters. The zero-order valence-electron chi connectivity index (χ0n) is 5.37. The van der Waals surface area contributed by atoms with Crippen molar-refractivity contribution in [1.82, 2.24) is 0 Å². The van der Waals surface area contributed by atoms with Crippen LogP contribution in [0, 0.1) is 0 Å². The number of halogens is 1. The van der Waals surface area contributed by atoms with Gasteiger partial charge in [0.15, 0.2) is 0 Å². The minimum absolute atomic E-state index is 1.19. The van der Waals surface area contributed by atoms with Crippen LogP contribution < -0.4 is 0 Å². The van der Waals surface area contributed by atoms with Gasteiger partial charge in [0, 0.05) is 0 Å². The fraction of sp³-hybridized carbons (Fsp3) is 0. The Hall–Kier alpha value is -0.698. The zero-order chi connectivity index (χ0) is 12.0. The molecule has 5 nitrogen and oxygen atoms in total. The average Bonchev–Trinajstić information content (AvgIpc) is 2.33. The van der Waals surface area contributed by atoms with E-state index in [9.17, 15) is 0 Å². The van der Waals surface area contributed by atoms with Crippen molar-refractivity contribution in [3.8, 4) is 0 Å². The molecular weight excluding hydrogens is 362 g/mol. The molecule has 0 saturated carbocycles. The van der Waals surface area contributed by atoms with Crippen molar-refractivity contribution in [2.45, 2.75) is 0 Å². The molecule has 0 heterocycles. The normalized spacial score (nSPS) is 2.17. The van der Waals surface area contributed by atoms with Crippen molar-refractivity contribution >= 4 is 43.5 Å². The summed E-state index contributed by atoms with van der Waals surface area (Å²) in [6, 6.07) is 0. The fourth-order valence-corrected chi connectivity index (χ4v) is 0. The molecule has 0 atom stereocenters. The Morgan fingerprint density at radius 3 is 0.667 bits per heavy atom. The Kier molecular flexibility index (Phi) is 6510. The molecule has 0 fully saturated rings. The van der Waals surface area contributed by atoms with Crippen LogP contribution in [0.4, 0.5) is 0 Å². The first-order chi connectivity index (χ1) is 6.00. The van der Waals surface area contributed by atoms with Gasteiger partial charge in [-0.25, -0.2) is 0 Å². The maximum atomic E-state index is 7.75. The Morgan fingerprint density at radius 2 is 0.667 bits per heavy atom. The maximum absolute atomic E-state index is 7.75. The third kappa shape index (κ3) is 1320. The summed E-state index contributed by atoms with van der Waals surface area (Å²) in [6.45, 7) is 21.2. The molecule has 0 bridgehead atoms. The van der Waals surface area contributed by atoms with Gasteiger partial charge in [-0.3, -0.25) is 6.79 Å². The average molecular weight is 363 g/mol. The zero-order valence-corrected chi connectivity index (χ0v) is 8.85. The van der Waals surface area contributed by atoms with Crippen molar-refractivity contribution in [3.05, 3.63) is 0 Å². The summed E-state index contributed by atoms with van der Waals surface area (Å²) in [7, 11) is 4.69. The van der Waals surface area contributed by atoms with Gasteiger partial charge >= 0.3 is 27.7 Å². The Bertz CT molecular complexity index is 31.4. The van der Waals surface area contributed by atoms with Gasteiger partial charge in [0.1, 0.15) is 0 Å². The van der Waals surface area contributed by atoms with Gasteiger partial charge in [-0.1, -0.05) is 0 Å². The van der Waals surface area contributed by atoms with Gasteiger partial charge in [-0.05, 0) is 0 Å². The molecule has 0 aromatic heterocycles. The monoisotopic (exact) mass is 363 g/mol. The number of hydrogen-bond acceptors (Lipinski definition) is 5. The quantitative estimate of drug-likeness (QED) is 0.400. The second-order valence-electron chi connectivity index (χ2n) is 0. The molecule has 7 heteroatoms. The molecule has 0 aromatic carbocycles. The summed E-state index contributed by atoms with van der Waals surface area (Å²) in [6.07, 6.45) is 0. The Morgan fingerprint density at radius 1 is 0.667 bits per heavy atom. The van der Waals surface area contributed by atoms with E-state index in [4.69, 9.17) is 33.5 Å². The van der Waals surface area contributed by atoms with Gasteiger partial charge in [0.25, 0.3) is 0 Å². The summed E-state index contributed by atoms with van der Waals surface area (Å²) in [4.78, 5) is 37.8. The molecule has 4 radical (unpaired) electrons. The molecule has 0 aliphatic carbocycles.